The van der Waals surface area contributed by atoms with Crippen LogP contribution in [0.3, 0.4) is 0 Å². The van der Waals surface area contributed by atoms with Gasteiger partial charge < -0.3 is 9.64 Å². The molecule has 2 aliphatic rings. The third-order valence-electron chi connectivity index (χ3n) is 5.66. The Labute approximate surface area is 192 Å². The van der Waals surface area contributed by atoms with Gasteiger partial charge in [0.1, 0.15) is 21.8 Å². The van der Waals surface area contributed by atoms with Gasteiger partial charge in [-0.15, -0.1) is 0 Å². The van der Waals surface area contributed by atoms with E-state index in [2.05, 4.69) is 11.8 Å². The highest BCUT2D eigenvalue weighted by Gasteiger charge is 2.33. The highest BCUT2D eigenvalue weighted by Crippen LogP contribution is 2.36. The zero-order valence-corrected chi connectivity index (χ0v) is 19.9. The molecule has 0 unspecified atom stereocenters. The second-order valence-corrected chi connectivity index (χ2v) is 9.38. The number of unbranched alkanes of at least 4 members (excludes halogenated alkanes) is 3. The summed E-state index contributed by atoms with van der Waals surface area (Å²) in [5.74, 6) is 0.601. The van der Waals surface area contributed by atoms with Crippen LogP contribution in [0.2, 0.25) is 0 Å². The van der Waals surface area contributed by atoms with E-state index in [0.717, 1.165) is 25.7 Å². The lowest BCUT2D eigenvalue weighted by Crippen LogP contribution is -2.40. The van der Waals surface area contributed by atoms with Crippen LogP contribution in [0.5, 0.6) is 0 Å². The molecule has 0 spiro atoms. The summed E-state index contributed by atoms with van der Waals surface area (Å²) in [7, 11) is 1.67. The van der Waals surface area contributed by atoms with Gasteiger partial charge in [-0.1, -0.05) is 50.2 Å². The molecule has 166 valence electrons. The Morgan fingerprint density at radius 2 is 1.94 bits per heavy atom. The first-order chi connectivity index (χ1) is 14.9. The quantitative estimate of drug-likeness (QED) is 0.351. The first-order valence-corrected chi connectivity index (χ1v) is 11.8. The van der Waals surface area contributed by atoms with Gasteiger partial charge in [0.05, 0.1) is 18.1 Å². The average molecular weight is 461 g/mol. The maximum atomic E-state index is 13.1. The van der Waals surface area contributed by atoms with Gasteiger partial charge >= 0.3 is 0 Å². The molecule has 0 aromatic carbocycles. The van der Waals surface area contributed by atoms with Crippen molar-refractivity contribution >= 4 is 46.1 Å². The standard InChI is InChI=1S/C22H28N4O3S2/c1-4-5-6-7-8-26-21(28)18(31-22(26)30)13-16-15(2)17(14-23)20(27)24(3)19(16)25-9-11-29-12-10-25/h13H,4-12H2,1-3H3. The van der Waals surface area contributed by atoms with Crippen molar-refractivity contribution in [2.75, 3.05) is 37.7 Å². The zero-order valence-electron chi connectivity index (χ0n) is 18.3. The van der Waals surface area contributed by atoms with Gasteiger partial charge in [-0.3, -0.25) is 19.1 Å². The number of carbonyl (C=O) groups excluding carboxylic acids is 1. The van der Waals surface area contributed by atoms with E-state index >= 15 is 0 Å². The normalized spacial score (nSPS) is 18.2. The number of nitriles is 1. The molecular formula is C22H28N4O3S2. The molecule has 2 aliphatic heterocycles. The molecule has 7 nitrogen and oxygen atoms in total. The van der Waals surface area contributed by atoms with E-state index in [-0.39, 0.29) is 17.0 Å². The SMILES string of the molecule is CCCCCCN1C(=O)C(=Cc2c(C)c(C#N)c(=O)n(C)c2N2CCOCC2)SC1=S. The second kappa shape index (κ2) is 10.4. The van der Waals surface area contributed by atoms with E-state index in [0.29, 0.717) is 59.0 Å². The lowest BCUT2D eigenvalue weighted by Gasteiger charge is -2.32. The van der Waals surface area contributed by atoms with Gasteiger partial charge in [-0.2, -0.15) is 5.26 Å². The summed E-state index contributed by atoms with van der Waals surface area (Å²) in [5.41, 5.74) is 1.07. The summed E-state index contributed by atoms with van der Waals surface area (Å²) in [6, 6.07) is 2.03. The number of carbonyl (C=O) groups is 1. The molecule has 3 rings (SSSR count). The molecular weight excluding hydrogens is 432 g/mol. The molecule has 1 aromatic rings. The summed E-state index contributed by atoms with van der Waals surface area (Å²) >= 11 is 6.75. The molecule has 31 heavy (non-hydrogen) atoms. The van der Waals surface area contributed by atoms with Crippen LogP contribution in [-0.4, -0.2) is 52.5 Å². The Hall–Kier alpha value is -2.15. The molecule has 0 atom stereocenters. The fourth-order valence-electron chi connectivity index (χ4n) is 3.89. The van der Waals surface area contributed by atoms with Crippen molar-refractivity contribution in [2.24, 2.45) is 7.05 Å². The number of rotatable bonds is 7. The summed E-state index contributed by atoms with van der Waals surface area (Å²) in [6.45, 7) is 6.93. The van der Waals surface area contributed by atoms with Gasteiger partial charge in [0, 0.05) is 32.2 Å². The van der Waals surface area contributed by atoms with E-state index in [1.165, 1.54) is 16.3 Å². The van der Waals surface area contributed by atoms with Gasteiger partial charge in [-0.25, -0.2) is 0 Å². The number of amides is 1. The Bertz CT molecular complexity index is 1000. The van der Waals surface area contributed by atoms with Crippen LogP contribution in [0.15, 0.2) is 9.70 Å². The van der Waals surface area contributed by atoms with Crippen molar-refractivity contribution in [3.05, 3.63) is 31.9 Å². The average Bonchev–Trinajstić information content (AvgIpc) is 3.03. The first kappa shape index (κ1) is 23.5. The van der Waals surface area contributed by atoms with E-state index in [1.54, 1.807) is 24.9 Å². The first-order valence-electron chi connectivity index (χ1n) is 10.6. The Morgan fingerprint density at radius 1 is 1.23 bits per heavy atom. The number of hydrogen-bond donors (Lipinski definition) is 0. The molecule has 1 amide bonds. The van der Waals surface area contributed by atoms with Gasteiger partial charge in [0.2, 0.25) is 0 Å². The highest BCUT2D eigenvalue weighted by atomic mass is 32.2. The Balaban J connectivity index is 2.02. The number of nitrogens with zero attached hydrogens (tertiary/aromatic N) is 4. The maximum Gasteiger partial charge on any atom is 0.270 e. The van der Waals surface area contributed by atoms with Crippen LogP contribution in [0.25, 0.3) is 6.08 Å². The number of thioether (sulfide) groups is 1. The Morgan fingerprint density at radius 3 is 2.58 bits per heavy atom. The predicted octanol–water partition coefficient (Wildman–Crippen LogP) is 3.18. The number of aromatic nitrogens is 1. The molecule has 0 aliphatic carbocycles. The van der Waals surface area contributed by atoms with Crippen molar-refractivity contribution in [2.45, 2.75) is 39.5 Å². The van der Waals surface area contributed by atoms with E-state index in [4.69, 9.17) is 17.0 Å². The van der Waals surface area contributed by atoms with Crippen molar-refractivity contribution in [3.8, 4) is 6.07 Å². The molecule has 3 heterocycles. The number of anilines is 1. The van der Waals surface area contributed by atoms with Crippen LogP contribution in [0, 0.1) is 18.3 Å². The summed E-state index contributed by atoms with van der Waals surface area (Å²) < 4.78 is 7.53. The van der Waals surface area contributed by atoms with Crippen molar-refractivity contribution in [1.82, 2.24) is 9.47 Å². The molecule has 0 bridgehead atoms. The van der Waals surface area contributed by atoms with Crippen LogP contribution in [0.4, 0.5) is 5.82 Å². The molecule has 0 radical (unpaired) electrons. The fraction of sp³-hybridized carbons (Fsp3) is 0.545. The predicted molar refractivity (Wildman–Crippen MR) is 128 cm³/mol. The number of pyridine rings is 1. The number of morpholine rings is 1. The number of hydrogen-bond acceptors (Lipinski definition) is 7. The summed E-state index contributed by atoms with van der Waals surface area (Å²) in [4.78, 5) is 30.1. The smallest absolute Gasteiger partial charge is 0.270 e. The largest absolute Gasteiger partial charge is 0.378 e. The van der Waals surface area contributed by atoms with Crippen molar-refractivity contribution in [3.63, 3.8) is 0 Å². The van der Waals surface area contributed by atoms with Crippen LogP contribution in [-0.2, 0) is 16.6 Å². The Kier molecular flexibility index (Phi) is 7.92. The second-order valence-electron chi connectivity index (χ2n) is 7.71. The minimum absolute atomic E-state index is 0.0980. The van der Waals surface area contributed by atoms with Crippen molar-refractivity contribution in [1.29, 1.82) is 5.26 Å². The minimum Gasteiger partial charge on any atom is -0.378 e. The van der Waals surface area contributed by atoms with Crippen LogP contribution in [0.1, 0.15) is 49.3 Å². The third kappa shape index (κ3) is 4.86. The summed E-state index contributed by atoms with van der Waals surface area (Å²) in [5, 5.41) is 9.57. The molecule has 9 heteroatoms. The molecule has 0 N–H and O–H groups in total. The maximum absolute atomic E-state index is 13.1. The third-order valence-corrected chi connectivity index (χ3v) is 7.04. The van der Waals surface area contributed by atoms with Crippen LogP contribution >= 0.6 is 24.0 Å². The molecule has 2 saturated heterocycles. The minimum atomic E-state index is -0.331. The van der Waals surface area contributed by atoms with Gasteiger partial charge in [0.15, 0.2) is 0 Å². The zero-order chi connectivity index (χ0) is 22.5. The molecule has 0 saturated carbocycles. The fourth-order valence-corrected chi connectivity index (χ4v) is 5.18. The molecule has 1 aromatic heterocycles. The lowest BCUT2D eigenvalue weighted by atomic mass is 10.0. The van der Waals surface area contributed by atoms with E-state index in [1.807, 2.05) is 6.07 Å². The highest BCUT2D eigenvalue weighted by molar-refractivity contribution is 8.26. The van der Waals surface area contributed by atoms with Gasteiger partial charge in [-0.05, 0) is 25.0 Å². The van der Waals surface area contributed by atoms with Gasteiger partial charge in [0.25, 0.3) is 11.5 Å². The molecule has 2 fully saturated rings. The van der Waals surface area contributed by atoms with Crippen LogP contribution < -0.4 is 10.5 Å². The van der Waals surface area contributed by atoms with E-state index < -0.39 is 0 Å². The summed E-state index contributed by atoms with van der Waals surface area (Å²) in [6.07, 6.45) is 6.06. The topological polar surface area (TPSA) is 78.6 Å². The van der Waals surface area contributed by atoms with Crippen molar-refractivity contribution < 1.29 is 9.53 Å². The monoisotopic (exact) mass is 460 g/mol. The van der Waals surface area contributed by atoms with E-state index in [9.17, 15) is 14.9 Å². The number of thiocarbonyl (C=S) groups is 1. The number of ether oxygens (including phenoxy) is 1. The lowest BCUT2D eigenvalue weighted by molar-refractivity contribution is -0.122.